The molecule has 0 heterocycles. The molecule has 0 saturated heterocycles. The molecular formula is C18H26N2O2. The molecule has 0 atom stereocenters. The highest BCUT2D eigenvalue weighted by Gasteiger charge is 2.25. The Morgan fingerprint density at radius 3 is 2.41 bits per heavy atom. The van der Waals surface area contributed by atoms with E-state index in [0.29, 0.717) is 5.56 Å². The predicted octanol–water partition coefficient (Wildman–Crippen LogP) is 3.69. The fourth-order valence-corrected chi connectivity index (χ4v) is 2.68. The van der Waals surface area contributed by atoms with Gasteiger partial charge in [-0.1, -0.05) is 26.3 Å². The van der Waals surface area contributed by atoms with Crippen molar-refractivity contribution in [3.63, 3.8) is 0 Å². The van der Waals surface area contributed by atoms with E-state index in [-0.39, 0.29) is 17.7 Å². The first-order valence-corrected chi connectivity index (χ1v) is 8.36. The summed E-state index contributed by atoms with van der Waals surface area (Å²) in [6.45, 7) is 5.69. The Labute approximate surface area is 132 Å². The van der Waals surface area contributed by atoms with E-state index >= 15 is 0 Å². The summed E-state index contributed by atoms with van der Waals surface area (Å²) in [4.78, 5) is 26.5. The number of nitrogens with one attached hydrogen (secondary N) is 1. The molecule has 2 amide bonds. The Morgan fingerprint density at radius 1 is 1.18 bits per heavy atom. The number of anilines is 1. The molecule has 2 rings (SSSR count). The van der Waals surface area contributed by atoms with Crippen LogP contribution in [0.15, 0.2) is 24.3 Å². The minimum absolute atomic E-state index is 0.0449. The molecule has 0 aliphatic heterocycles. The maximum absolute atomic E-state index is 12.6. The lowest BCUT2D eigenvalue weighted by Gasteiger charge is -2.24. The Bertz CT molecular complexity index is 518. The minimum atomic E-state index is 0.0449. The molecule has 0 bridgehead atoms. The topological polar surface area (TPSA) is 49.4 Å². The summed E-state index contributed by atoms with van der Waals surface area (Å²) in [5.41, 5.74) is 1.36. The summed E-state index contributed by atoms with van der Waals surface area (Å²) in [7, 11) is 0. The molecule has 0 spiro atoms. The van der Waals surface area contributed by atoms with E-state index in [1.807, 2.05) is 23.1 Å². The smallest absolute Gasteiger partial charge is 0.253 e. The van der Waals surface area contributed by atoms with Crippen molar-refractivity contribution in [2.24, 2.45) is 5.92 Å². The first kappa shape index (κ1) is 16.5. The van der Waals surface area contributed by atoms with Gasteiger partial charge in [-0.15, -0.1) is 0 Å². The Kier molecular flexibility index (Phi) is 5.99. The maximum Gasteiger partial charge on any atom is 0.253 e. The normalized spacial score (nSPS) is 14.3. The number of nitrogens with zero attached hydrogens (tertiary/aromatic N) is 1. The average Bonchev–Trinajstić information content (AvgIpc) is 2.44. The van der Waals surface area contributed by atoms with Crippen LogP contribution >= 0.6 is 0 Å². The zero-order chi connectivity index (χ0) is 15.9. The third-order valence-electron chi connectivity index (χ3n) is 4.13. The molecule has 0 unspecified atom stereocenters. The van der Waals surface area contributed by atoms with E-state index in [9.17, 15) is 9.59 Å². The monoisotopic (exact) mass is 302 g/mol. The van der Waals surface area contributed by atoms with Gasteiger partial charge >= 0.3 is 0 Å². The quantitative estimate of drug-likeness (QED) is 0.835. The summed E-state index contributed by atoms with van der Waals surface area (Å²) < 4.78 is 0. The lowest BCUT2D eigenvalue weighted by atomic mass is 9.85. The van der Waals surface area contributed by atoms with Gasteiger partial charge in [-0.25, -0.2) is 0 Å². The van der Waals surface area contributed by atoms with Crippen molar-refractivity contribution in [1.29, 1.82) is 0 Å². The second-order valence-electron chi connectivity index (χ2n) is 5.99. The second kappa shape index (κ2) is 7.97. The number of carbonyl (C=O) groups is 2. The Balaban J connectivity index is 2.05. The molecule has 0 radical (unpaired) electrons. The predicted molar refractivity (Wildman–Crippen MR) is 88.9 cm³/mol. The highest BCUT2D eigenvalue weighted by atomic mass is 16.2. The van der Waals surface area contributed by atoms with Crippen molar-refractivity contribution in [3.05, 3.63) is 29.8 Å². The molecule has 1 saturated carbocycles. The Morgan fingerprint density at radius 2 is 1.86 bits per heavy atom. The van der Waals surface area contributed by atoms with E-state index in [4.69, 9.17) is 0 Å². The van der Waals surface area contributed by atoms with Crippen molar-refractivity contribution in [2.75, 3.05) is 18.4 Å². The summed E-state index contributed by atoms with van der Waals surface area (Å²) in [5, 5.41) is 2.93. The SMILES string of the molecule is CCCN(CCC)C(=O)c1cccc(NC(=O)C2CCC2)c1. The zero-order valence-corrected chi connectivity index (χ0v) is 13.6. The maximum atomic E-state index is 12.6. The van der Waals surface area contributed by atoms with Crippen LogP contribution in [-0.2, 0) is 4.79 Å². The first-order valence-electron chi connectivity index (χ1n) is 8.36. The van der Waals surface area contributed by atoms with E-state index in [2.05, 4.69) is 19.2 Å². The van der Waals surface area contributed by atoms with Gasteiger partial charge in [-0.3, -0.25) is 9.59 Å². The highest BCUT2D eigenvalue weighted by Crippen LogP contribution is 2.27. The van der Waals surface area contributed by atoms with Crippen LogP contribution < -0.4 is 5.32 Å². The van der Waals surface area contributed by atoms with Gasteiger partial charge in [0.15, 0.2) is 0 Å². The molecule has 1 fully saturated rings. The number of rotatable bonds is 7. The third-order valence-corrected chi connectivity index (χ3v) is 4.13. The number of carbonyl (C=O) groups excluding carboxylic acids is 2. The van der Waals surface area contributed by atoms with Gasteiger partial charge in [0.25, 0.3) is 5.91 Å². The van der Waals surface area contributed by atoms with Gasteiger partial charge in [0.1, 0.15) is 0 Å². The summed E-state index contributed by atoms with van der Waals surface area (Å²) >= 11 is 0. The first-order chi connectivity index (χ1) is 10.7. The zero-order valence-electron chi connectivity index (χ0n) is 13.6. The van der Waals surface area contributed by atoms with Crippen LogP contribution in [0.25, 0.3) is 0 Å². The Hall–Kier alpha value is -1.84. The van der Waals surface area contributed by atoms with E-state index < -0.39 is 0 Å². The number of hydrogen-bond donors (Lipinski definition) is 1. The summed E-state index contributed by atoms with van der Waals surface area (Å²) in [6, 6.07) is 7.29. The fraction of sp³-hybridized carbons (Fsp3) is 0.556. The van der Waals surface area contributed by atoms with Crippen molar-refractivity contribution in [1.82, 2.24) is 4.90 Å². The van der Waals surface area contributed by atoms with Crippen LogP contribution in [0, 0.1) is 5.92 Å². The van der Waals surface area contributed by atoms with Gasteiger partial charge in [0, 0.05) is 30.3 Å². The van der Waals surface area contributed by atoms with E-state index in [1.54, 1.807) is 6.07 Å². The molecule has 120 valence electrons. The summed E-state index contributed by atoms with van der Waals surface area (Å²) in [5.74, 6) is 0.273. The minimum Gasteiger partial charge on any atom is -0.339 e. The molecule has 4 heteroatoms. The van der Waals surface area contributed by atoms with Gasteiger partial charge in [0.2, 0.25) is 5.91 Å². The molecule has 1 aromatic rings. The number of benzene rings is 1. The van der Waals surface area contributed by atoms with E-state index in [1.165, 1.54) is 0 Å². The standard InChI is InChI=1S/C18H26N2O2/c1-3-11-20(12-4-2)18(22)15-9-6-10-16(13-15)19-17(21)14-7-5-8-14/h6,9-10,13-14H,3-5,7-8,11-12H2,1-2H3,(H,19,21). The summed E-state index contributed by atoms with van der Waals surface area (Å²) in [6.07, 6.45) is 4.99. The van der Waals surface area contributed by atoms with E-state index in [0.717, 1.165) is 50.9 Å². The molecule has 1 N–H and O–H groups in total. The van der Waals surface area contributed by atoms with Crippen LogP contribution in [0.2, 0.25) is 0 Å². The second-order valence-corrected chi connectivity index (χ2v) is 5.99. The highest BCUT2D eigenvalue weighted by molar-refractivity contribution is 5.97. The molecule has 22 heavy (non-hydrogen) atoms. The number of amides is 2. The lowest BCUT2D eigenvalue weighted by molar-refractivity contribution is -0.122. The molecule has 1 aromatic carbocycles. The third kappa shape index (κ3) is 4.09. The van der Waals surface area contributed by atoms with Crippen LogP contribution in [0.1, 0.15) is 56.3 Å². The van der Waals surface area contributed by atoms with Crippen molar-refractivity contribution in [3.8, 4) is 0 Å². The number of hydrogen-bond acceptors (Lipinski definition) is 2. The van der Waals surface area contributed by atoms with Crippen LogP contribution in [0.3, 0.4) is 0 Å². The van der Waals surface area contributed by atoms with Crippen molar-refractivity contribution in [2.45, 2.75) is 46.0 Å². The van der Waals surface area contributed by atoms with Gasteiger partial charge in [-0.2, -0.15) is 0 Å². The van der Waals surface area contributed by atoms with Crippen molar-refractivity contribution < 1.29 is 9.59 Å². The molecular weight excluding hydrogens is 276 g/mol. The van der Waals surface area contributed by atoms with Gasteiger partial charge < -0.3 is 10.2 Å². The van der Waals surface area contributed by atoms with Crippen LogP contribution in [-0.4, -0.2) is 29.8 Å². The molecule has 0 aromatic heterocycles. The fourth-order valence-electron chi connectivity index (χ4n) is 2.68. The van der Waals surface area contributed by atoms with Crippen molar-refractivity contribution >= 4 is 17.5 Å². The molecule has 4 nitrogen and oxygen atoms in total. The van der Waals surface area contributed by atoms with Crippen LogP contribution in [0.5, 0.6) is 0 Å². The largest absolute Gasteiger partial charge is 0.339 e. The molecule has 1 aliphatic carbocycles. The van der Waals surface area contributed by atoms with Gasteiger partial charge in [-0.05, 0) is 43.9 Å². The molecule has 1 aliphatic rings. The average molecular weight is 302 g/mol. The lowest BCUT2D eigenvalue weighted by Crippen LogP contribution is -2.32. The van der Waals surface area contributed by atoms with Crippen LogP contribution in [0.4, 0.5) is 5.69 Å². The van der Waals surface area contributed by atoms with Gasteiger partial charge in [0.05, 0.1) is 0 Å².